The van der Waals surface area contributed by atoms with Gasteiger partial charge in [0.1, 0.15) is 11.6 Å². The minimum Gasteiger partial charge on any atom is -0.497 e. The zero-order valence-corrected chi connectivity index (χ0v) is 15.2. The number of carbonyl (C=O) groups excluding carboxylic acids is 1. The molecule has 0 radical (unpaired) electrons. The Morgan fingerprint density at radius 2 is 2.00 bits per heavy atom. The molecule has 4 aromatic rings. The summed E-state index contributed by atoms with van der Waals surface area (Å²) in [5, 5.41) is 2.15. The summed E-state index contributed by atoms with van der Waals surface area (Å²) in [7, 11) is 1.54. The molecule has 0 spiro atoms. The lowest BCUT2D eigenvalue weighted by atomic mass is 10.0. The van der Waals surface area contributed by atoms with Crippen LogP contribution >= 0.6 is 0 Å². The van der Waals surface area contributed by atoms with Crippen LogP contribution in [-0.2, 0) is 6.42 Å². The van der Waals surface area contributed by atoms with Crippen LogP contribution in [0.4, 0.5) is 4.39 Å². The first-order valence-electron chi connectivity index (χ1n) is 8.79. The molecule has 4 nitrogen and oxygen atoms in total. The van der Waals surface area contributed by atoms with Crippen molar-refractivity contribution in [2.75, 3.05) is 7.11 Å². The zero-order chi connectivity index (χ0) is 19.0. The van der Waals surface area contributed by atoms with Crippen LogP contribution in [0.3, 0.4) is 0 Å². The summed E-state index contributed by atoms with van der Waals surface area (Å²) in [4.78, 5) is 20.3. The van der Waals surface area contributed by atoms with Crippen molar-refractivity contribution in [1.29, 1.82) is 0 Å². The van der Waals surface area contributed by atoms with Gasteiger partial charge in [0, 0.05) is 34.5 Å². The molecular weight excluding hydrogens is 343 g/mol. The monoisotopic (exact) mass is 362 g/mol. The lowest BCUT2D eigenvalue weighted by molar-refractivity contribution is 0.0982. The fourth-order valence-corrected chi connectivity index (χ4v) is 3.40. The highest BCUT2D eigenvalue weighted by atomic mass is 19.1. The van der Waals surface area contributed by atoms with E-state index in [1.54, 1.807) is 18.3 Å². The highest BCUT2D eigenvalue weighted by Gasteiger charge is 2.12. The fourth-order valence-electron chi connectivity index (χ4n) is 3.40. The molecule has 0 amide bonds. The molecular formula is C22H19FN2O2. The summed E-state index contributed by atoms with van der Waals surface area (Å²) in [6.07, 6.45) is 2.35. The first kappa shape index (κ1) is 17.2. The number of ether oxygens (including phenoxy) is 1. The third kappa shape index (κ3) is 3.16. The fraction of sp³-hybridized carbons (Fsp3) is 0.182. The highest BCUT2D eigenvalue weighted by Crippen LogP contribution is 2.27. The number of hydrogen-bond acceptors (Lipinski definition) is 3. The van der Waals surface area contributed by atoms with Crippen molar-refractivity contribution in [3.8, 4) is 5.75 Å². The van der Waals surface area contributed by atoms with Gasteiger partial charge in [0.05, 0.1) is 18.3 Å². The Kier molecular flexibility index (Phi) is 4.36. The summed E-state index contributed by atoms with van der Waals surface area (Å²) < 4.78 is 19.1. The molecule has 0 bridgehead atoms. The second-order valence-corrected chi connectivity index (χ2v) is 6.58. The molecule has 2 aromatic heterocycles. The minimum atomic E-state index is -0.322. The summed E-state index contributed by atoms with van der Waals surface area (Å²) in [6.45, 7) is 1.95. The van der Waals surface area contributed by atoms with Gasteiger partial charge >= 0.3 is 0 Å². The van der Waals surface area contributed by atoms with Crippen LogP contribution in [0.25, 0.3) is 21.8 Å². The maximum absolute atomic E-state index is 13.9. The molecule has 0 aliphatic rings. The smallest absolute Gasteiger partial charge is 0.163 e. The van der Waals surface area contributed by atoms with E-state index in [2.05, 4.69) is 9.97 Å². The quantitative estimate of drug-likeness (QED) is 0.509. The van der Waals surface area contributed by atoms with Crippen molar-refractivity contribution in [3.05, 3.63) is 71.3 Å². The number of H-pyrrole nitrogens is 1. The number of benzene rings is 2. The molecule has 27 heavy (non-hydrogen) atoms. The number of pyridine rings is 1. The first-order chi connectivity index (χ1) is 13.1. The first-order valence-corrected chi connectivity index (χ1v) is 8.79. The molecule has 4 rings (SSSR count). The zero-order valence-electron chi connectivity index (χ0n) is 15.2. The molecule has 0 fully saturated rings. The number of halogens is 1. The maximum atomic E-state index is 13.9. The van der Waals surface area contributed by atoms with Gasteiger partial charge in [0.25, 0.3) is 0 Å². The van der Waals surface area contributed by atoms with Crippen molar-refractivity contribution >= 4 is 27.6 Å². The number of carbonyl (C=O) groups is 1. The largest absolute Gasteiger partial charge is 0.497 e. The number of methoxy groups -OCH3 is 1. The Labute approximate surface area is 156 Å². The minimum absolute atomic E-state index is 0.0207. The predicted octanol–water partition coefficient (Wildman–Crippen LogP) is 4.99. The van der Waals surface area contributed by atoms with Crippen LogP contribution in [0.1, 0.15) is 28.0 Å². The van der Waals surface area contributed by atoms with Gasteiger partial charge in [-0.1, -0.05) is 12.1 Å². The van der Waals surface area contributed by atoms with Gasteiger partial charge in [0.2, 0.25) is 0 Å². The van der Waals surface area contributed by atoms with E-state index in [0.29, 0.717) is 23.3 Å². The van der Waals surface area contributed by atoms with Gasteiger partial charge < -0.3 is 9.72 Å². The maximum Gasteiger partial charge on any atom is 0.163 e. The molecule has 2 aromatic carbocycles. The van der Waals surface area contributed by atoms with E-state index in [9.17, 15) is 9.18 Å². The lowest BCUT2D eigenvalue weighted by Crippen LogP contribution is -2.02. The van der Waals surface area contributed by atoms with E-state index in [1.165, 1.54) is 13.2 Å². The molecule has 0 atom stereocenters. The van der Waals surface area contributed by atoms with Crippen molar-refractivity contribution in [3.63, 3.8) is 0 Å². The SMILES string of the molecule is COc1ccc(F)c(CCC(=O)c2ccc3c(c2)[nH]c2c(C)nccc23)c1. The Morgan fingerprint density at radius 1 is 1.15 bits per heavy atom. The highest BCUT2D eigenvalue weighted by molar-refractivity contribution is 6.10. The van der Waals surface area contributed by atoms with Crippen LogP contribution in [0.15, 0.2) is 48.7 Å². The van der Waals surface area contributed by atoms with Crippen LogP contribution in [-0.4, -0.2) is 22.9 Å². The number of nitrogens with one attached hydrogen (secondary N) is 1. The molecule has 0 unspecified atom stereocenters. The average Bonchev–Trinajstić information content (AvgIpc) is 3.06. The van der Waals surface area contributed by atoms with Crippen molar-refractivity contribution < 1.29 is 13.9 Å². The Balaban J connectivity index is 1.59. The molecule has 2 heterocycles. The number of rotatable bonds is 5. The van der Waals surface area contributed by atoms with E-state index in [0.717, 1.165) is 27.5 Å². The van der Waals surface area contributed by atoms with Crippen LogP contribution in [0.5, 0.6) is 5.75 Å². The number of Topliss-reactive ketones (excluding diaryl/α,β-unsaturated/α-hetero) is 1. The van der Waals surface area contributed by atoms with Gasteiger partial charge in [0.15, 0.2) is 5.78 Å². The van der Waals surface area contributed by atoms with Crippen LogP contribution in [0, 0.1) is 12.7 Å². The second-order valence-electron chi connectivity index (χ2n) is 6.58. The molecule has 0 saturated carbocycles. The second kappa shape index (κ2) is 6.83. The molecule has 5 heteroatoms. The average molecular weight is 362 g/mol. The van der Waals surface area contributed by atoms with E-state index in [1.807, 2.05) is 31.2 Å². The topological polar surface area (TPSA) is 55.0 Å². The van der Waals surface area contributed by atoms with Crippen LogP contribution in [0.2, 0.25) is 0 Å². The molecule has 0 saturated heterocycles. The number of fused-ring (bicyclic) bond motifs is 3. The van der Waals surface area contributed by atoms with Crippen LogP contribution < -0.4 is 4.74 Å². The van der Waals surface area contributed by atoms with Gasteiger partial charge in [-0.3, -0.25) is 9.78 Å². The van der Waals surface area contributed by atoms with Gasteiger partial charge in [-0.05, 0) is 49.2 Å². The van der Waals surface area contributed by atoms with E-state index >= 15 is 0 Å². The number of nitrogens with zero attached hydrogens (tertiary/aromatic N) is 1. The van der Waals surface area contributed by atoms with Crippen molar-refractivity contribution in [1.82, 2.24) is 9.97 Å². The van der Waals surface area contributed by atoms with Gasteiger partial charge in [-0.2, -0.15) is 0 Å². The molecule has 0 aliphatic heterocycles. The van der Waals surface area contributed by atoms with E-state index in [4.69, 9.17) is 4.74 Å². The Morgan fingerprint density at radius 3 is 2.81 bits per heavy atom. The number of aryl methyl sites for hydroxylation is 2. The molecule has 136 valence electrons. The summed E-state index contributed by atoms with van der Waals surface area (Å²) >= 11 is 0. The summed E-state index contributed by atoms with van der Waals surface area (Å²) in [6, 6.07) is 12.2. The summed E-state index contributed by atoms with van der Waals surface area (Å²) in [5.41, 5.74) is 3.90. The number of aromatic nitrogens is 2. The number of aromatic amines is 1. The summed E-state index contributed by atoms with van der Waals surface area (Å²) in [5.74, 6) is 0.243. The third-order valence-electron chi connectivity index (χ3n) is 4.91. The number of ketones is 1. The van der Waals surface area contributed by atoms with E-state index < -0.39 is 0 Å². The number of hydrogen-bond donors (Lipinski definition) is 1. The normalized spacial score (nSPS) is 11.2. The van der Waals surface area contributed by atoms with Crippen molar-refractivity contribution in [2.45, 2.75) is 19.8 Å². The van der Waals surface area contributed by atoms with Gasteiger partial charge in [-0.15, -0.1) is 0 Å². The van der Waals surface area contributed by atoms with Crippen molar-refractivity contribution in [2.24, 2.45) is 0 Å². The molecule has 0 aliphatic carbocycles. The molecule has 1 N–H and O–H groups in total. The van der Waals surface area contributed by atoms with E-state index in [-0.39, 0.29) is 18.0 Å². The predicted molar refractivity (Wildman–Crippen MR) is 104 cm³/mol. The van der Waals surface area contributed by atoms with Gasteiger partial charge in [-0.25, -0.2) is 4.39 Å². The third-order valence-corrected chi connectivity index (χ3v) is 4.91. The Hall–Kier alpha value is -3.21. The lowest BCUT2D eigenvalue weighted by Gasteiger charge is -2.06. The Bertz CT molecular complexity index is 1160. The standard InChI is InChI=1S/C22H19FN2O2/c1-13-22-18(9-10-24-13)17-6-3-15(12-20(17)25-22)21(26)8-4-14-11-16(27-2)5-7-19(14)23/h3,5-7,9-12,25H,4,8H2,1-2H3.